The maximum Gasteiger partial charge on any atom is 0.252 e. The largest absolute Gasteiger partial charge is 0.348 e. The Labute approximate surface area is 141 Å². The summed E-state index contributed by atoms with van der Waals surface area (Å²) >= 11 is 5.66. The molecule has 1 amide bonds. The van der Waals surface area contributed by atoms with E-state index in [9.17, 15) is 4.79 Å². The number of benzene rings is 2. The lowest BCUT2D eigenvalue weighted by Crippen LogP contribution is -2.38. The molecule has 0 aliphatic carbocycles. The van der Waals surface area contributed by atoms with Crippen LogP contribution in [-0.4, -0.2) is 17.3 Å². The van der Waals surface area contributed by atoms with Crippen molar-refractivity contribution in [1.82, 2.24) is 5.32 Å². The molecule has 0 bridgehead atoms. The Morgan fingerprint density at radius 1 is 1.10 bits per heavy atom. The quantitative estimate of drug-likeness (QED) is 0.548. The van der Waals surface area contributed by atoms with Crippen molar-refractivity contribution in [3.05, 3.63) is 69.3 Å². The van der Waals surface area contributed by atoms with Crippen LogP contribution < -0.4 is 5.32 Å². The maximum atomic E-state index is 12.3. The molecule has 0 spiro atoms. The number of halogens is 2. The highest BCUT2D eigenvalue weighted by atomic mass is 127. The van der Waals surface area contributed by atoms with Crippen molar-refractivity contribution in [3.8, 4) is 0 Å². The predicted octanol–water partition coefficient (Wildman–Crippen LogP) is 4.03. The van der Waals surface area contributed by atoms with E-state index in [0.717, 1.165) is 20.9 Å². The monoisotopic (exact) mass is 443 g/mol. The summed E-state index contributed by atoms with van der Waals surface area (Å²) in [6.07, 6.45) is 0.821. The van der Waals surface area contributed by atoms with Gasteiger partial charge in [0.15, 0.2) is 0 Å². The molecule has 0 radical (unpaired) electrons. The molecule has 1 N–H and O–H groups in total. The van der Waals surface area contributed by atoms with Gasteiger partial charge >= 0.3 is 0 Å². The molecule has 4 heteroatoms. The van der Waals surface area contributed by atoms with Crippen LogP contribution in [0.2, 0.25) is 0 Å². The number of hydrogen-bond acceptors (Lipinski definition) is 1. The number of hydrogen-bond donors (Lipinski definition) is 1. The summed E-state index contributed by atoms with van der Waals surface area (Å²) in [6.45, 7) is 0. The zero-order valence-corrected chi connectivity index (χ0v) is 14.6. The van der Waals surface area contributed by atoms with Gasteiger partial charge in [0.25, 0.3) is 5.91 Å². The van der Waals surface area contributed by atoms with E-state index in [1.54, 1.807) is 0 Å². The van der Waals surface area contributed by atoms with Crippen molar-refractivity contribution < 1.29 is 4.79 Å². The van der Waals surface area contributed by atoms with E-state index >= 15 is 0 Å². The zero-order valence-electron chi connectivity index (χ0n) is 10.9. The fraction of sp³-hybridized carbons (Fsp3) is 0.188. The summed E-state index contributed by atoms with van der Waals surface area (Å²) in [6, 6.07) is 17.9. The molecule has 0 saturated heterocycles. The van der Waals surface area contributed by atoms with Crippen molar-refractivity contribution in [1.29, 1.82) is 0 Å². The number of rotatable bonds is 5. The van der Waals surface area contributed by atoms with E-state index in [2.05, 4.69) is 56.0 Å². The molecule has 2 nitrogen and oxygen atoms in total. The highest BCUT2D eigenvalue weighted by Crippen LogP contribution is 2.12. The summed E-state index contributed by atoms with van der Waals surface area (Å²) in [7, 11) is 0. The Hall–Kier alpha value is -0.880. The van der Waals surface area contributed by atoms with E-state index < -0.39 is 0 Å². The van der Waals surface area contributed by atoms with E-state index in [1.807, 2.05) is 42.5 Å². The van der Waals surface area contributed by atoms with Gasteiger partial charge in [-0.05, 0) is 46.7 Å². The first kappa shape index (κ1) is 15.5. The number of nitrogens with one attached hydrogen (secondary N) is 1. The Bertz CT molecular complexity index is 574. The first-order valence-electron chi connectivity index (χ1n) is 6.36. The van der Waals surface area contributed by atoms with Gasteiger partial charge in [0.05, 0.1) is 5.56 Å². The van der Waals surface area contributed by atoms with Gasteiger partial charge in [-0.3, -0.25) is 4.79 Å². The van der Waals surface area contributed by atoms with Gasteiger partial charge in [-0.2, -0.15) is 0 Å². The third-order valence-electron chi connectivity index (χ3n) is 2.96. The second kappa shape index (κ2) is 7.78. The van der Waals surface area contributed by atoms with Crippen LogP contribution in [0.3, 0.4) is 0 Å². The lowest BCUT2D eigenvalue weighted by atomic mass is 10.1. The van der Waals surface area contributed by atoms with E-state index in [0.29, 0.717) is 0 Å². The fourth-order valence-corrected chi connectivity index (χ4v) is 2.97. The summed E-state index contributed by atoms with van der Waals surface area (Å²) in [5.41, 5.74) is 1.95. The molecule has 2 rings (SSSR count). The van der Waals surface area contributed by atoms with Gasteiger partial charge in [0, 0.05) is 14.9 Å². The highest BCUT2D eigenvalue weighted by Gasteiger charge is 2.15. The Balaban J connectivity index is 2.03. The maximum absolute atomic E-state index is 12.3. The van der Waals surface area contributed by atoms with Gasteiger partial charge in [-0.1, -0.05) is 58.4 Å². The number of carbonyl (C=O) groups excluding carboxylic acids is 1. The molecule has 104 valence electrons. The molecular weight excluding hydrogens is 429 g/mol. The standard InChI is InChI=1S/C16H15BrINO/c17-11-13(10-12-6-2-1-3-7-12)19-16(20)14-8-4-5-9-15(14)18/h1-9,13H,10-11H2,(H,19,20). The minimum atomic E-state index is -0.0182. The number of alkyl halides is 1. The molecule has 0 heterocycles. The number of amides is 1. The van der Waals surface area contributed by atoms with Crippen LogP contribution in [-0.2, 0) is 6.42 Å². The van der Waals surface area contributed by atoms with Gasteiger partial charge in [-0.25, -0.2) is 0 Å². The molecule has 1 unspecified atom stereocenters. The van der Waals surface area contributed by atoms with Crippen molar-refractivity contribution in [2.24, 2.45) is 0 Å². The van der Waals surface area contributed by atoms with E-state index in [1.165, 1.54) is 5.56 Å². The molecule has 0 aromatic heterocycles. The van der Waals surface area contributed by atoms with Gasteiger partial charge in [0.1, 0.15) is 0 Å². The lowest BCUT2D eigenvalue weighted by molar-refractivity contribution is 0.0940. The van der Waals surface area contributed by atoms with Crippen molar-refractivity contribution in [2.45, 2.75) is 12.5 Å². The Kier molecular flexibility index (Phi) is 6.04. The second-order valence-corrected chi connectivity index (χ2v) is 6.30. The normalized spacial score (nSPS) is 11.9. The van der Waals surface area contributed by atoms with Crippen LogP contribution in [0.1, 0.15) is 15.9 Å². The minimum Gasteiger partial charge on any atom is -0.348 e. The third-order valence-corrected chi connectivity index (χ3v) is 4.69. The smallest absolute Gasteiger partial charge is 0.252 e. The van der Waals surface area contributed by atoms with Gasteiger partial charge in [0.2, 0.25) is 0 Å². The molecule has 2 aromatic carbocycles. The average molecular weight is 444 g/mol. The molecule has 0 aliphatic rings. The second-order valence-electron chi connectivity index (χ2n) is 4.49. The zero-order chi connectivity index (χ0) is 14.4. The summed E-state index contributed by atoms with van der Waals surface area (Å²) in [5.74, 6) is -0.0182. The van der Waals surface area contributed by atoms with Crippen molar-refractivity contribution in [2.75, 3.05) is 5.33 Å². The topological polar surface area (TPSA) is 29.1 Å². The van der Waals surface area contributed by atoms with Gasteiger partial charge in [-0.15, -0.1) is 0 Å². The van der Waals surface area contributed by atoms with Crippen LogP contribution in [0.15, 0.2) is 54.6 Å². The molecule has 20 heavy (non-hydrogen) atoms. The van der Waals surface area contributed by atoms with Gasteiger partial charge < -0.3 is 5.32 Å². The molecule has 2 aromatic rings. The molecule has 0 fully saturated rings. The molecular formula is C16H15BrINO. The highest BCUT2D eigenvalue weighted by molar-refractivity contribution is 14.1. The lowest BCUT2D eigenvalue weighted by Gasteiger charge is -2.17. The van der Waals surface area contributed by atoms with Crippen LogP contribution in [0, 0.1) is 3.57 Å². The number of carbonyl (C=O) groups is 1. The predicted molar refractivity (Wildman–Crippen MR) is 94.4 cm³/mol. The van der Waals surface area contributed by atoms with Crippen LogP contribution in [0.4, 0.5) is 0 Å². The van der Waals surface area contributed by atoms with Crippen LogP contribution in [0.25, 0.3) is 0 Å². The summed E-state index contributed by atoms with van der Waals surface area (Å²) < 4.78 is 0.968. The summed E-state index contributed by atoms with van der Waals surface area (Å²) in [4.78, 5) is 12.3. The fourth-order valence-electron chi connectivity index (χ4n) is 1.95. The first-order valence-corrected chi connectivity index (χ1v) is 8.56. The summed E-state index contributed by atoms with van der Waals surface area (Å²) in [5, 5.41) is 3.81. The van der Waals surface area contributed by atoms with Crippen molar-refractivity contribution >= 4 is 44.4 Å². The SMILES string of the molecule is O=C(NC(CBr)Cc1ccccc1)c1ccccc1I. The van der Waals surface area contributed by atoms with Crippen molar-refractivity contribution in [3.63, 3.8) is 0 Å². The third kappa shape index (κ3) is 4.31. The Morgan fingerprint density at radius 2 is 1.75 bits per heavy atom. The van der Waals surface area contributed by atoms with Crippen LogP contribution in [0.5, 0.6) is 0 Å². The molecule has 0 aliphatic heterocycles. The molecule has 0 saturated carbocycles. The minimum absolute atomic E-state index is 0.0182. The van der Waals surface area contributed by atoms with E-state index in [4.69, 9.17) is 0 Å². The average Bonchev–Trinajstić information content (AvgIpc) is 2.48. The first-order chi connectivity index (χ1) is 9.70. The molecule has 1 atom stereocenters. The van der Waals surface area contributed by atoms with E-state index in [-0.39, 0.29) is 11.9 Å². The Morgan fingerprint density at radius 3 is 2.40 bits per heavy atom. The van der Waals surface area contributed by atoms with Crippen LogP contribution >= 0.6 is 38.5 Å².